The molecular weight excluding hydrogens is 440 g/mol. The van der Waals surface area contributed by atoms with E-state index in [2.05, 4.69) is 6.08 Å². The molecule has 0 saturated heterocycles. The van der Waals surface area contributed by atoms with Crippen LogP contribution in [0, 0.1) is 13.8 Å². The average molecular weight is 485 g/mol. The molecule has 2 aromatic rings. The molecule has 1 aliphatic rings. The lowest BCUT2D eigenvalue weighted by molar-refractivity contribution is 0.0867. The summed E-state index contributed by atoms with van der Waals surface area (Å²) in [6.07, 6.45) is 12.0. The van der Waals surface area contributed by atoms with Crippen LogP contribution in [0.2, 0.25) is 0 Å². The van der Waals surface area contributed by atoms with Crippen LogP contribution >= 0.6 is 0 Å². The summed E-state index contributed by atoms with van der Waals surface area (Å²) in [7, 11) is 1.64. The number of ether oxygens (including phenoxy) is 1. The molecule has 0 saturated carbocycles. The van der Waals surface area contributed by atoms with Crippen molar-refractivity contribution in [3.05, 3.63) is 86.1 Å². The fraction of sp³-hybridized carbons (Fsp3) is 0.448. The van der Waals surface area contributed by atoms with Crippen molar-refractivity contribution in [1.29, 1.82) is 0 Å². The fourth-order valence-electron chi connectivity index (χ4n) is 3.37. The van der Waals surface area contributed by atoms with E-state index in [1.807, 2.05) is 72.8 Å². The second-order valence-electron chi connectivity index (χ2n) is 7.48. The van der Waals surface area contributed by atoms with Crippen LogP contribution in [-0.4, -0.2) is 20.8 Å². The molecular formula is C29H44N2O4. The molecule has 0 spiro atoms. The normalized spacial score (nSPS) is 12.0. The molecule has 0 fully saturated rings. The van der Waals surface area contributed by atoms with E-state index in [1.165, 1.54) is 4.57 Å². The highest BCUT2D eigenvalue weighted by Crippen LogP contribution is 2.26. The Bertz CT molecular complexity index is 1080. The molecule has 1 aliphatic carbocycles. The number of benzene rings is 1. The molecule has 1 heterocycles. The van der Waals surface area contributed by atoms with E-state index in [-0.39, 0.29) is 18.0 Å². The van der Waals surface area contributed by atoms with Gasteiger partial charge in [-0.2, -0.15) is 0 Å². The highest BCUT2D eigenvalue weighted by atomic mass is 16.5. The number of hydrogen-bond acceptors (Lipinski definition) is 4. The van der Waals surface area contributed by atoms with Crippen molar-refractivity contribution in [1.82, 2.24) is 9.13 Å². The predicted molar refractivity (Wildman–Crippen MR) is 148 cm³/mol. The second-order valence-corrected chi connectivity index (χ2v) is 7.48. The van der Waals surface area contributed by atoms with Gasteiger partial charge in [0, 0.05) is 18.2 Å². The maximum atomic E-state index is 12.8. The molecule has 0 aliphatic heterocycles. The highest BCUT2D eigenvalue weighted by molar-refractivity contribution is 5.67. The van der Waals surface area contributed by atoms with Gasteiger partial charge in [-0.1, -0.05) is 58.1 Å². The van der Waals surface area contributed by atoms with Crippen molar-refractivity contribution >= 4 is 0 Å². The van der Waals surface area contributed by atoms with E-state index < -0.39 is 5.69 Å². The van der Waals surface area contributed by atoms with Gasteiger partial charge >= 0.3 is 5.69 Å². The van der Waals surface area contributed by atoms with Gasteiger partial charge in [0.05, 0.1) is 12.3 Å². The van der Waals surface area contributed by atoms with E-state index in [4.69, 9.17) is 4.74 Å². The average Bonchev–Trinajstić information content (AvgIpc) is 2.89. The number of phenolic OH excluding ortho intramolecular Hbond substituents is 1. The van der Waals surface area contributed by atoms with Crippen molar-refractivity contribution < 1.29 is 9.84 Å². The third kappa shape index (κ3) is 9.21. The zero-order valence-corrected chi connectivity index (χ0v) is 23.0. The van der Waals surface area contributed by atoms with E-state index in [1.54, 1.807) is 32.2 Å². The van der Waals surface area contributed by atoms with E-state index in [0.29, 0.717) is 17.9 Å². The third-order valence-corrected chi connectivity index (χ3v) is 5.18. The Labute approximate surface area is 210 Å². The van der Waals surface area contributed by atoms with Gasteiger partial charge in [0.25, 0.3) is 5.56 Å². The smallest absolute Gasteiger partial charge is 0.333 e. The summed E-state index contributed by atoms with van der Waals surface area (Å²) in [6, 6.07) is 4.88. The lowest BCUT2D eigenvalue weighted by atomic mass is 10.0. The minimum Gasteiger partial charge on any atom is -0.508 e. The van der Waals surface area contributed by atoms with Crippen LogP contribution in [-0.2, 0) is 18.5 Å². The molecule has 194 valence electrons. The lowest BCUT2D eigenvalue weighted by Crippen LogP contribution is -2.41. The van der Waals surface area contributed by atoms with Crippen LogP contribution in [0.25, 0.3) is 11.3 Å². The number of aromatic hydroxyl groups is 1. The number of allylic oxidation sites excluding steroid dienone is 5. The maximum absolute atomic E-state index is 12.8. The minimum absolute atomic E-state index is 0.0811. The Hall–Kier alpha value is -3.12. The van der Waals surface area contributed by atoms with Gasteiger partial charge in [-0.25, -0.2) is 9.36 Å². The van der Waals surface area contributed by atoms with E-state index in [9.17, 15) is 14.7 Å². The van der Waals surface area contributed by atoms with Crippen LogP contribution in [0.15, 0.2) is 63.7 Å². The second kappa shape index (κ2) is 17.3. The molecule has 0 unspecified atom stereocenters. The van der Waals surface area contributed by atoms with Crippen LogP contribution < -0.4 is 11.2 Å². The van der Waals surface area contributed by atoms with Crippen LogP contribution in [0.3, 0.4) is 0 Å². The summed E-state index contributed by atoms with van der Waals surface area (Å²) in [5.41, 5.74) is 2.92. The van der Waals surface area contributed by atoms with Crippen molar-refractivity contribution in [2.75, 3.05) is 6.61 Å². The molecule has 1 aromatic carbocycles. The number of nitrogens with zero attached hydrogens (tertiary/aromatic N) is 2. The number of phenols is 1. The summed E-state index contributed by atoms with van der Waals surface area (Å²) >= 11 is 0. The largest absolute Gasteiger partial charge is 0.508 e. The lowest BCUT2D eigenvalue weighted by Gasteiger charge is -2.17. The first-order valence-corrected chi connectivity index (χ1v) is 12.4. The maximum Gasteiger partial charge on any atom is 0.333 e. The van der Waals surface area contributed by atoms with Crippen molar-refractivity contribution in [3.63, 3.8) is 0 Å². The number of rotatable bonds is 5. The molecule has 0 atom stereocenters. The molecule has 6 nitrogen and oxygen atoms in total. The standard InChI is InChI=1S/C21H24N2O4.C4H8.2C2H6/c1-14-11-17(24)9-10-18(14)19-15(2)20(25)23(21(26)22(19)3)13-27-12-16-7-5-4-6-8-16;1-3-4-2;2*1-2/h4-5,7,9-11,24H,6,8,12-13H2,1-3H3;3-4H,1-2H3;2*1-2H3/b;4-3-;;. The Morgan fingerprint density at radius 3 is 2.20 bits per heavy atom. The van der Waals surface area contributed by atoms with Gasteiger partial charge < -0.3 is 9.84 Å². The third-order valence-electron chi connectivity index (χ3n) is 5.18. The monoisotopic (exact) mass is 484 g/mol. The summed E-state index contributed by atoms with van der Waals surface area (Å²) in [4.78, 5) is 25.6. The van der Waals surface area contributed by atoms with Gasteiger partial charge in [-0.15, -0.1) is 0 Å². The first-order chi connectivity index (χ1) is 16.8. The fourth-order valence-corrected chi connectivity index (χ4v) is 3.37. The molecule has 0 amide bonds. The van der Waals surface area contributed by atoms with Gasteiger partial charge in [0.1, 0.15) is 12.5 Å². The molecule has 1 aromatic heterocycles. The minimum atomic E-state index is -0.425. The number of aryl methyl sites for hydroxylation is 1. The zero-order chi connectivity index (χ0) is 27.0. The Morgan fingerprint density at radius 2 is 1.69 bits per heavy atom. The quantitative estimate of drug-likeness (QED) is 0.497. The summed E-state index contributed by atoms with van der Waals surface area (Å²) in [6.45, 7) is 15.9. The van der Waals surface area contributed by atoms with Crippen molar-refractivity contribution in [2.24, 2.45) is 7.05 Å². The van der Waals surface area contributed by atoms with Gasteiger partial charge in [0.2, 0.25) is 0 Å². The van der Waals surface area contributed by atoms with Gasteiger partial charge in [0.15, 0.2) is 0 Å². The van der Waals surface area contributed by atoms with E-state index >= 15 is 0 Å². The number of aromatic nitrogens is 2. The molecule has 0 bridgehead atoms. The molecule has 0 radical (unpaired) electrons. The first kappa shape index (κ1) is 31.9. The molecule has 6 heteroatoms. The summed E-state index contributed by atoms with van der Waals surface area (Å²) in [5.74, 6) is 0.146. The van der Waals surface area contributed by atoms with Crippen LogP contribution in [0.5, 0.6) is 5.75 Å². The molecule has 3 rings (SSSR count). The summed E-state index contributed by atoms with van der Waals surface area (Å²) in [5, 5.41) is 9.62. The Morgan fingerprint density at radius 1 is 1.06 bits per heavy atom. The van der Waals surface area contributed by atoms with Crippen LogP contribution in [0.1, 0.15) is 65.5 Å². The molecule has 1 N–H and O–H groups in total. The van der Waals surface area contributed by atoms with Crippen LogP contribution in [0.4, 0.5) is 0 Å². The number of hydrogen-bond donors (Lipinski definition) is 1. The summed E-state index contributed by atoms with van der Waals surface area (Å²) < 4.78 is 8.21. The van der Waals surface area contributed by atoms with Crippen molar-refractivity contribution in [2.45, 2.75) is 75.0 Å². The zero-order valence-electron chi connectivity index (χ0n) is 23.0. The topological polar surface area (TPSA) is 73.5 Å². The van der Waals surface area contributed by atoms with Gasteiger partial charge in [-0.05, 0) is 69.9 Å². The van der Waals surface area contributed by atoms with E-state index in [0.717, 1.165) is 34.1 Å². The Kier molecular flexibility index (Phi) is 15.8. The van der Waals surface area contributed by atoms with Crippen molar-refractivity contribution in [3.8, 4) is 17.0 Å². The first-order valence-electron chi connectivity index (χ1n) is 12.4. The SMILES string of the molecule is C/C=C\C.CC.CC.Cc1cc(O)ccc1-c1c(C)c(=O)n(COCC2=CC=CCC2)c(=O)n1C. The van der Waals surface area contributed by atoms with Gasteiger partial charge in [-0.3, -0.25) is 9.36 Å². The predicted octanol–water partition coefficient (Wildman–Crippen LogP) is 6.42. The molecule has 35 heavy (non-hydrogen) atoms. The Balaban J connectivity index is 0.00000129. The highest BCUT2D eigenvalue weighted by Gasteiger charge is 2.17.